The number of amidine groups is 1. The van der Waals surface area contributed by atoms with Crippen LogP contribution in [0.3, 0.4) is 0 Å². The van der Waals surface area contributed by atoms with Crippen molar-refractivity contribution in [2.45, 2.75) is 10.6 Å². The molecule has 0 saturated heterocycles. The molecule has 2 aromatic rings. The van der Waals surface area contributed by atoms with E-state index in [0.29, 0.717) is 16.9 Å². The molecule has 0 heterocycles. The molecule has 0 atom stereocenters. The third-order valence-corrected chi connectivity index (χ3v) is 3.93. The van der Waals surface area contributed by atoms with Gasteiger partial charge in [0.05, 0.1) is 7.11 Å². The lowest BCUT2D eigenvalue weighted by atomic mass is 10.1. The molecular weight excluding hydrogens is 291 g/mol. The topological polar surface area (TPSA) is 67.8 Å². The van der Waals surface area contributed by atoms with Gasteiger partial charge in [0.2, 0.25) is 0 Å². The van der Waals surface area contributed by atoms with Crippen LogP contribution in [0, 0.1) is 5.82 Å². The number of methoxy groups -OCH3 is 1. The molecule has 4 nitrogen and oxygen atoms in total. The Morgan fingerprint density at radius 2 is 2.14 bits per heavy atom. The lowest BCUT2D eigenvalue weighted by Gasteiger charge is -2.07. The summed E-state index contributed by atoms with van der Waals surface area (Å²) in [5.74, 6) is 0.758. The van der Waals surface area contributed by atoms with Crippen LogP contribution < -0.4 is 10.5 Å². The fourth-order valence-corrected chi connectivity index (χ4v) is 2.66. The molecule has 0 radical (unpaired) electrons. The quantitative estimate of drug-likeness (QED) is 0.293. The standard InChI is InChI=1S/C15H15FN2O2S/c1-20-12-3-2-4-13(8-12)21-9-11-6-5-10(7-14(11)16)15(17)18-19/h2-8,19H,9H2,1H3,(H2,17,18). The molecular formula is C15H15FN2O2S. The van der Waals surface area contributed by atoms with Gasteiger partial charge in [-0.3, -0.25) is 0 Å². The lowest BCUT2D eigenvalue weighted by molar-refractivity contribution is 0.318. The second-order valence-electron chi connectivity index (χ2n) is 4.26. The Morgan fingerprint density at radius 3 is 2.81 bits per heavy atom. The first-order valence-electron chi connectivity index (χ1n) is 6.17. The normalized spacial score (nSPS) is 11.4. The highest BCUT2D eigenvalue weighted by molar-refractivity contribution is 7.98. The molecule has 110 valence electrons. The molecule has 2 aromatic carbocycles. The molecule has 0 aromatic heterocycles. The number of hydrogen-bond acceptors (Lipinski definition) is 4. The van der Waals surface area contributed by atoms with Crippen molar-refractivity contribution in [1.82, 2.24) is 0 Å². The maximum atomic E-state index is 14.0. The Morgan fingerprint density at radius 1 is 1.33 bits per heavy atom. The molecule has 0 fully saturated rings. The van der Waals surface area contributed by atoms with Gasteiger partial charge in [0, 0.05) is 16.2 Å². The van der Waals surface area contributed by atoms with E-state index in [9.17, 15) is 4.39 Å². The van der Waals surface area contributed by atoms with Crippen LogP contribution in [0.5, 0.6) is 5.75 Å². The number of nitrogens with zero attached hydrogens (tertiary/aromatic N) is 1. The van der Waals surface area contributed by atoms with Crippen LogP contribution in [-0.4, -0.2) is 18.2 Å². The average molecular weight is 306 g/mol. The van der Waals surface area contributed by atoms with Crippen LogP contribution in [0.1, 0.15) is 11.1 Å². The van der Waals surface area contributed by atoms with Gasteiger partial charge in [-0.25, -0.2) is 4.39 Å². The van der Waals surface area contributed by atoms with E-state index < -0.39 is 0 Å². The van der Waals surface area contributed by atoms with Crippen LogP contribution in [0.4, 0.5) is 4.39 Å². The van der Waals surface area contributed by atoms with Crippen molar-refractivity contribution in [2.24, 2.45) is 10.9 Å². The fourth-order valence-electron chi connectivity index (χ4n) is 1.73. The second kappa shape index (κ2) is 6.99. The number of oxime groups is 1. The van der Waals surface area contributed by atoms with Crippen molar-refractivity contribution in [3.8, 4) is 5.75 Å². The van der Waals surface area contributed by atoms with E-state index in [1.54, 1.807) is 19.2 Å². The number of benzene rings is 2. The van der Waals surface area contributed by atoms with Crippen molar-refractivity contribution in [2.75, 3.05) is 7.11 Å². The van der Waals surface area contributed by atoms with Crippen LogP contribution in [0.2, 0.25) is 0 Å². The van der Waals surface area contributed by atoms with Gasteiger partial charge in [0.25, 0.3) is 0 Å². The summed E-state index contributed by atoms with van der Waals surface area (Å²) in [5, 5.41) is 11.4. The smallest absolute Gasteiger partial charge is 0.170 e. The summed E-state index contributed by atoms with van der Waals surface area (Å²) in [6, 6.07) is 12.1. The Labute approximate surface area is 126 Å². The molecule has 0 bridgehead atoms. The zero-order valence-electron chi connectivity index (χ0n) is 11.4. The van der Waals surface area contributed by atoms with Gasteiger partial charge in [-0.05, 0) is 29.8 Å². The minimum Gasteiger partial charge on any atom is -0.497 e. The minimum atomic E-state index is -0.380. The van der Waals surface area contributed by atoms with Gasteiger partial charge in [-0.15, -0.1) is 11.8 Å². The molecule has 0 unspecified atom stereocenters. The number of rotatable bonds is 5. The Hall–Kier alpha value is -2.21. The van der Waals surface area contributed by atoms with E-state index in [2.05, 4.69) is 5.16 Å². The minimum absolute atomic E-state index is 0.110. The molecule has 0 saturated carbocycles. The molecule has 3 N–H and O–H groups in total. The molecule has 21 heavy (non-hydrogen) atoms. The second-order valence-corrected chi connectivity index (χ2v) is 5.31. The number of halogens is 1. The zero-order chi connectivity index (χ0) is 15.2. The Balaban J connectivity index is 2.09. The number of thioether (sulfide) groups is 1. The predicted molar refractivity (Wildman–Crippen MR) is 81.5 cm³/mol. The van der Waals surface area contributed by atoms with Gasteiger partial charge in [-0.2, -0.15) is 0 Å². The van der Waals surface area contributed by atoms with Crippen LogP contribution in [0.15, 0.2) is 52.5 Å². The van der Waals surface area contributed by atoms with Crippen molar-refractivity contribution in [3.63, 3.8) is 0 Å². The van der Waals surface area contributed by atoms with Gasteiger partial charge in [0.1, 0.15) is 11.6 Å². The first-order chi connectivity index (χ1) is 10.1. The summed E-state index contributed by atoms with van der Waals surface area (Å²) in [6.07, 6.45) is 0. The molecule has 0 aliphatic carbocycles. The highest BCUT2D eigenvalue weighted by Crippen LogP contribution is 2.27. The maximum absolute atomic E-state index is 14.0. The molecule has 0 amide bonds. The SMILES string of the molecule is COc1cccc(SCc2ccc(/C(N)=N/O)cc2F)c1. The van der Waals surface area contributed by atoms with Crippen LogP contribution in [-0.2, 0) is 5.75 Å². The number of nitrogens with two attached hydrogens (primary N) is 1. The summed E-state index contributed by atoms with van der Waals surface area (Å²) in [4.78, 5) is 0.995. The van der Waals surface area contributed by atoms with Gasteiger partial charge < -0.3 is 15.7 Å². The van der Waals surface area contributed by atoms with Crippen molar-refractivity contribution < 1.29 is 14.3 Å². The molecule has 2 rings (SSSR count). The van der Waals surface area contributed by atoms with Crippen LogP contribution >= 0.6 is 11.8 Å². The first-order valence-corrected chi connectivity index (χ1v) is 7.15. The number of hydrogen-bond donors (Lipinski definition) is 2. The van der Waals surface area contributed by atoms with Crippen LogP contribution in [0.25, 0.3) is 0 Å². The molecule has 0 aliphatic rings. The van der Waals surface area contributed by atoms with Crippen molar-refractivity contribution in [1.29, 1.82) is 0 Å². The van der Waals surface area contributed by atoms with E-state index in [0.717, 1.165) is 10.6 Å². The van der Waals surface area contributed by atoms with Crippen molar-refractivity contribution in [3.05, 3.63) is 59.4 Å². The summed E-state index contributed by atoms with van der Waals surface area (Å²) in [7, 11) is 1.61. The van der Waals surface area contributed by atoms with E-state index in [1.165, 1.54) is 17.8 Å². The number of ether oxygens (including phenoxy) is 1. The van der Waals surface area contributed by atoms with Gasteiger partial charge in [-0.1, -0.05) is 23.4 Å². The fraction of sp³-hybridized carbons (Fsp3) is 0.133. The van der Waals surface area contributed by atoms with E-state index in [-0.39, 0.29) is 11.7 Å². The summed E-state index contributed by atoms with van der Waals surface area (Å²) in [6.45, 7) is 0. The third-order valence-electron chi connectivity index (χ3n) is 2.89. The summed E-state index contributed by atoms with van der Waals surface area (Å²) >= 11 is 1.51. The Bertz CT molecular complexity index is 662. The molecule has 6 heteroatoms. The average Bonchev–Trinajstić information content (AvgIpc) is 2.53. The van der Waals surface area contributed by atoms with E-state index in [4.69, 9.17) is 15.7 Å². The van der Waals surface area contributed by atoms with E-state index >= 15 is 0 Å². The van der Waals surface area contributed by atoms with Gasteiger partial charge in [0.15, 0.2) is 5.84 Å². The summed E-state index contributed by atoms with van der Waals surface area (Å²) in [5.41, 5.74) is 6.33. The molecule has 0 aliphatic heterocycles. The highest BCUT2D eigenvalue weighted by Gasteiger charge is 2.07. The third kappa shape index (κ3) is 3.88. The zero-order valence-corrected chi connectivity index (χ0v) is 12.2. The predicted octanol–water partition coefficient (Wildman–Crippen LogP) is 3.22. The van der Waals surface area contributed by atoms with E-state index in [1.807, 2.05) is 24.3 Å². The monoisotopic (exact) mass is 306 g/mol. The summed E-state index contributed by atoms with van der Waals surface area (Å²) < 4.78 is 19.1. The maximum Gasteiger partial charge on any atom is 0.170 e. The van der Waals surface area contributed by atoms with Gasteiger partial charge >= 0.3 is 0 Å². The highest BCUT2D eigenvalue weighted by atomic mass is 32.2. The Kier molecular flexibility index (Phi) is 5.05. The van der Waals surface area contributed by atoms with Crippen molar-refractivity contribution >= 4 is 17.6 Å². The largest absolute Gasteiger partial charge is 0.497 e. The molecule has 0 spiro atoms. The first kappa shape index (κ1) is 15.2. The lowest BCUT2D eigenvalue weighted by Crippen LogP contribution is -2.13.